The highest BCUT2D eigenvalue weighted by atomic mass is 16.6. The SMILES string of the molecule is O=C(O)c1cccc(-c2ccccc2Cn2ccc3cc(C(=O)NCc4ccc([N+](=O)[O-])cc4)ccc32)c1. The first-order valence-electron chi connectivity index (χ1n) is 11.9. The molecule has 0 spiro atoms. The zero-order valence-electron chi connectivity index (χ0n) is 20.2. The maximum atomic E-state index is 12.7. The predicted octanol–water partition coefficient (Wildman–Crippen LogP) is 5.89. The Hall–Kier alpha value is -5.24. The molecule has 0 bridgehead atoms. The van der Waals surface area contributed by atoms with Crippen molar-refractivity contribution >= 4 is 28.5 Å². The molecule has 8 nitrogen and oxygen atoms in total. The zero-order valence-corrected chi connectivity index (χ0v) is 20.2. The largest absolute Gasteiger partial charge is 0.478 e. The Bertz CT molecular complexity index is 1670. The van der Waals surface area contributed by atoms with Crippen LogP contribution >= 0.6 is 0 Å². The number of nitrogens with zero attached hydrogens (tertiary/aromatic N) is 2. The number of nitrogens with one attached hydrogen (secondary N) is 1. The summed E-state index contributed by atoms with van der Waals surface area (Å²) < 4.78 is 2.09. The van der Waals surface area contributed by atoms with Gasteiger partial charge in [-0.15, -0.1) is 0 Å². The van der Waals surface area contributed by atoms with Crippen LogP contribution in [0.3, 0.4) is 0 Å². The molecule has 4 aromatic carbocycles. The van der Waals surface area contributed by atoms with E-state index < -0.39 is 10.9 Å². The highest BCUT2D eigenvalue weighted by molar-refractivity contribution is 5.98. The van der Waals surface area contributed by atoms with Crippen molar-refractivity contribution in [2.75, 3.05) is 0 Å². The van der Waals surface area contributed by atoms with Crippen LogP contribution in [0.5, 0.6) is 0 Å². The van der Waals surface area contributed by atoms with Crippen molar-refractivity contribution in [3.63, 3.8) is 0 Å². The smallest absolute Gasteiger partial charge is 0.335 e. The molecule has 0 aliphatic carbocycles. The van der Waals surface area contributed by atoms with Gasteiger partial charge in [-0.2, -0.15) is 0 Å². The van der Waals surface area contributed by atoms with Gasteiger partial charge in [0, 0.05) is 47.9 Å². The number of carboxylic acid groups (broad SMARTS) is 1. The molecule has 0 aliphatic rings. The van der Waals surface area contributed by atoms with E-state index in [-0.39, 0.29) is 23.7 Å². The second-order valence-electron chi connectivity index (χ2n) is 8.87. The second kappa shape index (κ2) is 10.4. The summed E-state index contributed by atoms with van der Waals surface area (Å²) in [4.78, 5) is 34.5. The van der Waals surface area contributed by atoms with Gasteiger partial charge in [0.05, 0.1) is 10.5 Å². The van der Waals surface area contributed by atoms with Crippen molar-refractivity contribution in [3.8, 4) is 11.1 Å². The topological polar surface area (TPSA) is 114 Å². The van der Waals surface area contributed by atoms with Gasteiger partial charge in [0.25, 0.3) is 11.6 Å². The monoisotopic (exact) mass is 505 g/mol. The summed E-state index contributed by atoms with van der Waals surface area (Å²) in [7, 11) is 0. The van der Waals surface area contributed by atoms with Crippen LogP contribution in [0.2, 0.25) is 0 Å². The normalized spacial score (nSPS) is 10.8. The maximum absolute atomic E-state index is 12.7. The summed E-state index contributed by atoms with van der Waals surface area (Å²) >= 11 is 0. The number of carbonyl (C=O) groups excluding carboxylic acids is 1. The molecule has 1 heterocycles. The van der Waals surface area contributed by atoms with Crippen LogP contribution in [0.25, 0.3) is 22.0 Å². The molecule has 2 N–H and O–H groups in total. The lowest BCUT2D eigenvalue weighted by molar-refractivity contribution is -0.384. The Morgan fingerprint density at radius 2 is 1.66 bits per heavy atom. The van der Waals surface area contributed by atoms with E-state index in [9.17, 15) is 24.8 Å². The molecule has 0 atom stereocenters. The lowest BCUT2D eigenvalue weighted by Crippen LogP contribution is -2.22. The van der Waals surface area contributed by atoms with Crippen LogP contribution in [0, 0.1) is 10.1 Å². The Morgan fingerprint density at radius 3 is 2.42 bits per heavy atom. The van der Waals surface area contributed by atoms with Crippen molar-refractivity contribution in [2.45, 2.75) is 13.1 Å². The predicted molar refractivity (Wildman–Crippen MR) is 144 cm³/mol. The van der Waals surface area contributed by atoms with E-state index in [1.165, 1.54) is 12.1 Å². The van der Waals surface area contributed by atoms with Gasteiger partial charge < -0.3 is 15.0 Å². The fraction of sp³-hybridized carbons (Fsp3) is 0.0667. The summed E-state index contributed by atoms with van der Waals surface area (Å²) in [5.74, 6) is -1.20. The number of benzene rings is 4. The third-order valence-electron chi connectivity index (χ3n) is 6.41. The second-order valence-corrected chi connectivity index (χ2v) is 8.87. The van der Waals surface area contributed by atoms with Gasteiger partial charge in [-0.3, -0.25) is 14.9 Å². The fourth-order valence-corrected chi connectivity index (χ4v) is 4.44. The lowest BCUT2D eigenvalue weighted by atomic mass is 9.98. The van der Waals surface area contributed by atoms with E-state index in [1.807, 2.05) is 54.7 Å². The van der Waals surface area contributed by atoms with Crippen molar-refractivity contribution in [2.24, 2.45) is 0 Å². The molecule has 0 saturated heterocycles. The van der Waals surface area contributed by atoms with Crippen molar-refractivity contribution in [3.05, 3.63) is 136 Å². The van der Waals surface area contributed by atoms with Crippen LogP contribution < -0.4 is 5.32 Å². The summed E-state index contributed by atoms with van der Waals surface area (Å²) in [6, 6.07) is 28.3. The Morgan fingerprint density at radius 1 is 0.868 bits per heavy atom. The number of carbonyl (C=O) groups is 2. The van der Waals surface area contributed by atoms with Crippen LogP contribution in [0.1, 0.15) is 31.8 Å². The molecule has 8 heteroatoms. The molecule has 188 valence electrons. The van der Waals surface area contributed by atoms with Crippen LogP contribution in [-0.4, -0.2) is 26.5 Å². The Balaban J connectivity index is 1.33. The van der Waals surface area contributed by atoms with E-state index in [2.05, 4.69) is 9.88 Å². The van der Waals surface area contributed by atoms with E-state index in [0.29, 0.717) is 12.1 Å². The lowest BCUT2D eigenvalue weighted by Gasteiger charge is -2.13. The summed E-state index contributed by atoms with van der Waals surface area (Å²) in [6.45, 7) is 0.832. The minimum Gasteiger partial charge on any atom is -0.478 e. The molecule has 0 aliphatic heterocycles. The van der Waals surface area contributed by atoms with Gasteiger partial charge in [0.1, 0.15) is 0 Å². The summed E-state index contributed by atoms with van der Waals surface area (Å²) in [5.41, 5.74) is 5.33. The maximum Gasteiger partial charge on any atom is 0.335 e. The number of non-ortho nitro benzene ring substituents is 1. The fourth-order valence-electron chi connectivity index (χ4n) is 4.44. The van der Waals surface area contributed by atoms with E-state index in [0.717, 1.165) is 33.2 Å². The number of rotatable bonds is 8. The van der Waals surface area contributed by atoms with Gasteiger partial charge in [0.2, 0.25) is 0 Å². The molecule has 0 fully saturated rings. The highest BCUT2D eigenvalue weighted by Crippen LogP contribution is 2.27. The minimum atomic E-state index is -0.965. The number of fused-ring (bicyclic) bond motifs is 1. The highest BCUT2D eigenvalue weighted by Gasteiger charge is 2.12. The van der Waals surface area contributed by atoms with Gasteiger partial charge in [-0.05, 0) is 58.7 Å². The average Bonchev–Trinajstić information content (AvgIpc) is 3.34. The first-order chi connectivity index (χ1) is 18.4. The Labute approximate surface area is 217 Å². The third kappa shape index (κ3) is 5.15. The van der Waals surface area contributed by atoms with Crippen molar-refractivity contribution in [1.29, 1.82) is 0 Å². The van der Waals surface area contributed by atoms with Gasteiger partial charge >= 0.3 is 5.97 Å². The molecule has 0 saturated carbocycles. The summed E-state index contributed by atoms with van der Waals surface area (Å²) in [5, 5.41) is 24.0. The molecular formula is C30H23N3O5. The molecule has 0 radical (unpaired) electrons. The number of nitro groups is 1. The van der Waals surface area contributed by atoms with E-state index in [4.69, 9.17) is 0 Å². The van der Waals surface area contributed by atoms with Gasteiger partial charge in [0.15, 0.2) is 0 Å². The molecule has 1 aromatic heterocycles. The minimum absolute atomic E-state index is 0.00597. The number of aromatic nitrogens is 1. The van der Waals surface area contributed by atoms with E-state index in [1.54, 1.807) is 36.4 Å². The number of hydrogen-bond donors (Lipinski definition) is 2. The molecular weight excluding hydrogens is 482 g/mol. The van der Waals surface area contributed by atoms with Crippen molar-refractivity contribution < 1.29 is 19.6 Å². The van der Waals surface area contributed by atoms with Crippen LogP contribution in [0.4, 0.5) is 5.69 Å². The molecule has 5 rings (SSSR count). The van der Waals surface area contributed by atoms with Crippen LogP contribution in [-0.2, 0) is 13.1 Å². The number of aromatic carboxylic acids is 1. The number of hydrogen-bond acceptors (Lipinski definition) is 4. The van der Waals surface area contributed by atoms with Crippen LogP contribution in [0.15, 0.2) is 103 Å². The number of amides is 1. The van der Waals surface area contributed by atoms with Gasteiger partial charge in [-0.1, -0.05) is 48.5 Å². The first-order valence-corrected chi connectivity index (χ1v) is 11.9. The first kappa shape index (κ1) is 24.5. The number of nitro benzene ring substituents is 1. The standard InChI is InChI=1S/C30H23N3O5/c34-29(31-18-20-8-11-26(12-9-20)33(37)38)23-10-13-28-22(17-23)14-15-32(28)19-25-4-1-2-7-27(25)21-5-3-6-24(16-21)30(35)36/h1-17H,18-19H2,(H,31,34)(H,35,36). The molecule has 5 aromatic rings. The molecule has 0 unspecified atom stereocenters. The average molecular weight is 506 g/mol. The number of carboxylic acids is 1. The molecule has 1 amide bonds. The van der Waals surface area contributed by atoms with E-state index >= 15 is 0 Å². The zero-order chi connectivity index (χ0) is 26.6. The molecule has 38 heavy (non-hydrogen) atoms. The summed E-state index contributed by atoms with van der Waals surface area (Å²) in [6.07, 6.45) is 1.97. The third-order valence-corrected chi connectivity index (χ3v) is 6.41. The Kier molecular flexibility index (Phi) is 6.69. The van der Waals surface area contributed by atoms with Gasteiger partial charge in [-0.25, -0.2) is 4.79 Å². The quantitative estimate of drug-likeness (QED) is 0.201. The van der Waals surface area contributed by atoms with Crippen molar-refractivity contribution in [1.82, 2.24) is 9.88 Å².